The Morgan fingerprint density at radius 2 is 2.00 bits per heavy atom. The molecule has 152 valence electrons. The number of amides is 1. The summed E-state index contributed by atoms with van der Waals surface area (Å²) in [7, 11) is -4.14. The number of nitrogens with zero attached hydrogens (tertiary/aromatic N) is 2. The van der Waals surface area contributed by atoms with Crippen molar-refractivity contribution in [2.45, 2.75) is 49.7 Å². The molecule has 9 heteroatoms. The lowest BCUT2D eigenvalue weighted by atomic mass is 10.2. The van der Waals surface area contributed by atoms with Gasteiger partial charge in [0.1, 0.15) is 18.0 Å². The molecule has 1 saturated heterocycles. The molecule has 1 aromatic rings. The fourth-order valence-electron chi connectivity index (χ4n) is 3.08. The molecule has 0 bridgehead atoms. The first-order valence-corrected chi connectivity index (χ1v) is 10.7. The van der Waals surface area contributed by atoms with Crippen LogP contribution in [0.25, 0.3) is 0 Å². The average molecular weight is 411 g/mol. The predicted molar refractivity (Wildman–Crippen MR) is 101 cm³/mol. The number of carbonyl (C=O) groups is 1. The van der Waals surface area contributed by atoms with E-state index < -0.39 is 40.5 Å². The van der Waals surface area contributed by atoms with Crippen molar-refractivity contribution in [1.82, 2.24) is 9.73 Å². The molecule has 6 nitrogen and oxygen atoms in total. The molecule has 3 rings (SSSR count). The lowest BCUT2D eigenvalue weighted by Crippen LogP contribution is -2.44. The third kappa shape index (κ3) is 4.64. The number of alkyl halides is 1. The lowest BCUT2D eigenvalue weighted by molar-refractivity contribution is -0.124. The quantitative estimate of drug-likeness (QED) is 0.554. The van der Waals surface area contributed by atoms with Crippen LogP contribution in [0.4, 0.5) is 8.78 Å². The van der Waals surface area contributed by atoms with E-state index in [-0.39, 0.29) is 11.3 Å². The molecule has 0 radical (unpaired) electrons. The van der Waals surface area contributed by atoms with Crippen LogP contribution in [0.5, 0.6) is 0 Å². The molecule has 2 aliphatic rings. The molecule has 2 fully saturated rings. The largest absolute Gasteiger partial charge is 0.271 e. The predicted octanol–water partition coefficient (Wildman–Crippen LogP) is 2.78. The molecule has 1 N–H and O–H groups in total. The van der Waals surface area contributed by atoms with Crippen molar-refractivity contribution in [2.75, 3.05) is 6.54 Å². The lowest BCUT2D eigenvalue weighted by Gasteiger charge is -2.22. The first-order valence-electron chi connectivity index (χ1n) is 9.28. The summed E-state index contributed by atoms with van der Waals surface area (Å²) in [5, 5.41) is 4.13. The molecule has 0 unspecified atom stereocenters. The highest BCUT2D eigenvalue weighted by atomic mass is 32.2. The molecule has 1 aliphatic heterocycles. The van der Waals surface area contributed by atoms with Crippen LogP contribution in [0.2, 0.25) is 0 Å². The van der Waals surface area contributed by atoms with Crippen LogP contribution in [0.1, 0.15) is 32.6 Å². The zero-order chi connectivity index (χ0) is 20.3. The second kappa shape index (κ2) is 8.48. The molecule has 0 aromatic heterocycles. The van der Waals surface area contributed by atoms with Crippen molar-refractivity contribution in [3.05, 3.63) is 42.2 Å². The number of carbonyl (C=O) groups excluding carboxylic acids is 1. The van der Waals surface area contributed by atoms with Gasteiger partial charge < -0.3 is 0 Å². The standard InChI is InChI=1S/C19H23F2N3O3S/c1-2-3-4-17(13-5-6-13)22-23-19(25)18-11-15(21)12-24(18)28(26,27)16-9-7-14(20)8-10-16/h3-4,7-10,13,15,18H,2,5-6,11-12H2,1H3,(H,23,25)/b4-3-,22-17+/t15-,18+/m1/s1. The normalized spacial score (nSPS) is 24.0. The summed E-state index contributed by atoms with van der Waals surface area (Å²) in [6.45, 7) is 1.56. The Labute approximate surface area is 163 Å². The van der Waals surface area contributed by atoms with E-state index in [9.17, 15) is 22.0 Å². The Balaban J connectivity index is 1.78. The zero-order valence-electron chi connectivity index (χ0n) is 15.5. The number of halogens is 2. The summed E-state index contributed by atoms with van der Waals surface area (Å²) < 4.78 is 53.6. The van der Waals surface area contributed by atoms with Gasteiger partial charge in [0.15, 0.2) is 0 Å². The monoisotopic (exact) mass is 411 g/mol. The van der Waals surface area contributed by atoms with Gasteiger partial charge in [-0.15, -0.1) is 0 Å². The van der Waals surface area contributed by atoms with Gasteiger partial charge in [0, 0.05) is 18.9 Å². The maximum atomic E-state index is 14.0. The van der Waals surface area contributed by atoms with Crippen molar-refractivity contribution < 1.29 is 22.0 Å². The van der Waals surface area contributed by atoms with E-state index in [0.29, 0.717) is 5.92 Å². The number of nitrogens with one attached hydrogen (secondary N) is 1. The van der Waals surface area contributed by atoms with Crippen molar-refractivity contribution >= 4 is 21.6 Å². The van der Waals surface area contributed by atoms with E-state index in [0.717, 1.165) is 53.5 Å². The fraction of sp³-hybridized carbons (Fsp3) is 0.474. The fourth-order valence-corrected chi connectivity index (χ4v) is 4.70. The summed E-state index contributed by atoms with van der Waals surface area (Å²) in [5.74, 6) is -0.964. The van der Waals surface area contributed by atoms with Crippen molar-refractivity contribution in [3.63, 3.8) is 0 Å². The topological polar surface area (TPSA) is 78.8 Å². The SMILES string of the molecule is CC/C=C\C(=N/NC(=O)[C@@H]1C[C@@H](F)CN1S(=O)(=O)c1ccc(F)cc1)C1CC1. The third-order valence-electron chi connectivity index (χ3n) is 4.74. The Morgan fingerprint density at radius 1 is 1.32 bits per heavy atom. The van der Waals surface area contributed by atoms with Gasteiger partial charge in [-0.1, -0.05) is 13.0 Å². The highest BCUT2D eigenvalue weighted by Crippen LogP contribution is 2.31. The summed E-state index contributed by atoms with van der Waals surface area (Å²) in [6.07, 6.45) is 4.88. The minimum absolute atomic E-state index is 0.186. The Bertz CT molecular complexity index is 880. The number of benzene rings is 1. The highest BCUT2D eigenvalue weighted by Gasteiger charge is 2.44. The van der Waals surface area contributed by atoms with Gasteiger partial charge >= 0.3 is 0 Å². The van der Waals surface area contributed by atoms with E-state index in [1.54, 1.807) is 0 Å². The maximum absolute atomic E-state index is 14.0. The molecule has 1 aromatic carbocycles. The molecule has 0 spiro atoms. The van der Waals surface area contributed by atoms with Crippen LogP contribution >= 0.6 is 0 Å². The van der Waals surface area contributed by atoms with E-state index >= 15 is 0 Å². The van der Waals surface area contributed by atoms with E-state index in [2.05, 4.69) is 10.5 Å². The smallest absolute Gasteiger partial charge is 0.258 e. The molecule has 1 aliphatic carbocycles. The third-order valence-corrected chi connectivity index (χ3v) is 6.63. The number of hydrogen-bond acceptors (Lipinski definition) is 4. The van der Waals surface area contributed by atoms with Crippen molar-refractivity contribution in [3.8, 4) is 0 Å². The molecular weight excluding hydrogens is 388 g/mol. The Hall–Kier alpha value is -2.13. The minimum Gasteiger partial charge on any atom is -0.271 e. The van der Waals surface area contributed by atoms with Crippen LogP contribution < -0.4 is 5.43 Å². The van der Waals surface area contributed by atoms with E-state index in [1.807, 2.05) is 19.1 Å². The Morgan fingerprint density at radius 3 is 2.61 bits per heavy atom. The van der Waals surface area contributed by atoms with Gasteiger partial charge in [0.2, 0.25) is 10.0 Å². The molecule has 2 atom stereocenters. The molecular formula is C19H23F2N3O3S. The highest BCUT2D eigenvalue weighted by molar-refractivity contribution is 7.89. The van der Waals surface area contributed by atoms with Crippen LogP contribution in [-0.4, -0.2) is 43.1 Å². The maximum Gasteiger partial charge on any atom is 0.258 e. The van der Waals surface area contributed by atoms with Gasteiger partial charge in [-0.05, 0) is 49.6 Å². The second-order valence-electron chi connectivity index (χ2n) is 6.98. The van der Waals surface area contributed by atoms with Gasteiger partial charge in [0.05, 0.1) is 10.6 Å². The summed E-state index contributed by atoms with van der Waals surface area (Å²) in [6, 6.07) is 3.02. The van der Waals surface area contributed by atoms with Crippen molar-refractivity contribution in [1.29, 1.82) is 0 Å². The number of rotatable bonds is 7. The molecule has 28 heavy (non-hydrogen) atoms. The second-order valence-corrected chi connectivity index (χ2v) is 8.87. The van der Waals surface area contributed by atoms with Crippen LogP contribution in [0.3, 0.4) is 0 Å². The van der Waals surface area contributed by atoms with E-state index in [4.69, 9.17) is 0 Å². The molecule has 1 heterocycles. The summed E-state index contributed by atoms with van der Waals surface area (Å²) in [4.78, 5) is 12.4. The van der Waals surface area contributed by atoms with Gasteiger partial charge in [-0.25, -0.2) is 22.6 Å². The van der Waals surface area contributed by atoms with Gasteiger partial charge in [-0.2, -0.15) is 9.41 Å². The molecule has 1 amide bonds. The van der Waals surface area contributed by atoms with Crippen LogP contribution in [0.15, 0.2) is 46.4 Å². The summed E-state index contributed by atoms with van der Waals surface area (Å²) >= 11 is 0. The first-order chi connectivity index (χ1) is 13.3. The van der Waals surface area contributed by atoms with Crippen LogP contribution in [-0.2, 0) is 14.8 Å². The number of sulfonamides is 1. The first kappa shape index (κ1) is 20.6. The average Bonchev–Trinajstić information content (AvgIpc) is 3.42. The minimum atomic E-state index is -4.14. The number of hydrazone groups is 1. The number of hydrogen-bond donors (Lipinski definition) is 1. The van der Waals surface area contributed by atoms with Crippen molar-refractivity contribution in [2.24, 2.45) is 11.0 Å². The molecule has 1 saturated carbocycles. The van der Waals surface area contributed by atoms with E-state index in [1.165, 1.54) is 0 Å². The summed E-state index contributed by atoms with van der Waals surface area (Å²) in [5.41, 5.74) is 3.14. The Kier molecular flexibility index (Phi) is 6.24. The number of allylic oxidation sites excluding steroid dienone is 2. The zero-order valence-corrected chi connectivity index (χ0v) is 16.3. The van der Waals surface area contributed by atoms with Crippen LogP contribution in [0, 0.1) is 11.7 Å². The van der Waals surface area contributed by atoms with Gasteiger partial charge in [-0.3, -0.25) is 4.79 Å². The van der Waals surface area contributed by atoms with Gasteiger partial charge in [0.25, 0.3) is 5.91 Å².